The Morgan fingerprint density at radius 3 is 1.97 bits per heavy atom. The van der Waals surface area contributed by atoms with Gasteiger partial charge >= 0.3 is 0 Å². The van der Waals surface area contributed by atoms with Crippen LogP contribution >= 0.6 is 0 Å². The first-order chi connectivity index (χ1) is 32.1. The lowest BCUT2D eigenvalue weighted by atomic mass is 9.94. The molecular formula is C46H71N13O9. The van der Waals surface area contributed by atoms with Crippen LogP contribution in [0.1, 0.15) is 98.2 Å². The van der Waals surface area contributed by atoms with E-state index >= 15 is 0 Å². The largest absolute Gasteiger partial charge is 0.370 e. The predicted molar refractivity (Wildman–Crippen MR) is 253 cm³/mol. The van der Waals surface area contributed by atoms with Gasteiger partial charge in [0.05, 0.1) is 18.9 Å². The Kier molecular flexibility index (Phi) is 22.1. The lowest BCUT2D eigenvalue weighted by Crippen LogP contribution is -2.58. The van der Waals surface area contributed by atoms with Crippen molar-refractivity contribution in [2.24, 2.45) is 35.0 Å². The minimum Gasteiger partial charge on any atom is -0.370 e. The Morgan fingerprint density at radius 1 is 0.691 bits per heavy atom. The summed E-state index contributed by atoms with van der Waals surface area (Å²) in [5.41, 5.74) is 18.8. The van der Waals surface area contributed by atoms with Crippen molar-refractivity contribution in [2.75, 3.05) is 6.54 Å². The third kappa shape index (κ3) is 18.1. The monoisotopic (exact) mass is 950 g/mol. The van der Waals surface area contributed by atoms with E-state index in [-0.39, 0.29) is 50.4 Å². The van der Waals surface area contributed by atoms with Crippen molar-refractivity contribution in [1.29, 1.82) is 0 Å². The van der Waals surface area contributed by atoms with Gasteiger partial charge in [-0.2, -0.15) is 0 Å². The number of hydrogen-bond donors (Lipinski definition) is 12. The minimum atomic E-state index is -1.21. The van der Waals surface area contributed by atoms with Gasteiger partial charge in [-0.25, -0.2) is 4.98 Å². The maximum Gasteiger partial charge on any atom is 0.243 e. The lowest BCUT2D eigenvalue weighted by molar-refractivity contribution is -0.134. The number of rotatable bonds is 29. The number of aromatic amines is 2. The molecule has 2 aromatic heterocycles. The zero-order valence-corrected chi connectivity index (χ0v) is 40.0. The van der Waals surface area contributed by atoms with Gasteiger partial charge in [-0.1, -0.05) is 66.2 Å². The normalized spacial score (nSPS) is 14.9. The van der Waals surface area contributed by atoms with Gasteiger partial charge in [-0.05, 0) is 55.6 Å². The summed E-state index contributed by atoms with van der Waals surface area (Å²) in [4.78, 5) is 127. The molecular weight excluding hydrogens is 879 g/mol. The molecule has 0 aliphatic heterocycles. The van der Waals surface area contributed by atoms with E-state index in [0.717, 1.165) is 10.9 Å². The Morgan fingerprint density at radius 2 is 1.35 bits per heavy atom. The van der Waals surface area contributed by atoms with Gasteiger partial charge in [-0.3, -0.25) is 43.2 Å². The number of nitrogens with zero attached hydrogens (tertiary/aromatic N) is 1. The minimum absolute atomic E-state index is 0.00000833. The molecule has 0 unspecified atom stereocenters. The fraction of sp³-hybridized carbons (Fsp3) is 0.565. The summed E-state index contributed by atoms with van der Waals surface area (Å²) >= 11 is 0. The van der Waals surface area contributed by atoms with Gasteiger partial charge in [-0.15, -0.1) is 0 Å². The summed E-state index contributed by atoms with van der Waals surface area (Å²) < 4.78 is 0. The predicted octanol–water partition coefficient (Wildman–Crippen LogP) is -0.672. The van der Waals surface area contributed by atoms with Gasteiger partial charge < -0.3 is 64.4 Å². The number of H-pyrrole nitrogens is 2. The van der Waals surface area contributed by atoms with Gasteiger partial charge in [0.2, 0.25) is 53.2 Å². The van der Waals surface area contributed by atoms with Crippen LogP contribution in [0, 0.1) is 17.8 Å². The zero-order valence-electron chi connectivity index (χ0n) is 40.0. The molecule has 9 amide bonds. The number of hydrogen-bond acceptors (Lipinski definition) is 11. The van der Waals surface area contributed by atoms with E-state index in [1.165, 1.54) is 19.4 Å². The van der Waals surface area contributed by atoms with Crippen molar-refractivity contribution >= 4 is 64.1 Å². The molecule has 1 aromatic carbocycles. The van der Waals surface area contributed by atoms with Gasteiger partial charge in [0, 0.05) is 60.7 Å². The van der Waals surface area contributed by atoms with Crippen molar-refractivity contribution in [3.8, 4) is 0 Å². The van der Waals surface area contributed by atoms with Crippen LogP contribution in [-0.2, 0) is 56.0 Å². The van der Waals surface area contributed by atoms with Crippen LogP contribution in [0.2, 0.25) is 0 Å². The maximum atomic E-state index is 13.8. The van der Waals surface area contributed by atoms with Gasteiger partial charge in [0.15, 0.2) is 0 Å². The van der Waals surface area contributed by atoms with Crippen LogP contribution in [0.25, 0.3) is 10.9 Å². The zero-order chi connectivity index (χ0) is 50.7. The number of carbonyl (C=O) groups excluding carboxylic acids is 9. The number of para-hydroxylation sites is 1. The third-order valence-corrected chi connectivity index (χ3v) is 11.5. The molecule has 2 heterocycles. The Bertz CT molecular complexity index is 2190. The number of nitrogens with one attached hydrogen (secondary N) is 9. The summed E-state index contributed by atoms with van der Waals surface area (Å²) in [5.74, 6) is -6.26. The summed E-state index contributed by atoms with van der Waals surface area (Å²) in [7, 11) is 0. The Balaban J connectivity index is 1.66. The van der Waals surface area contributed by atoms with Crippen molar-refractivity contribution in [2.45, 2.75) is 142 Å². The second-order valence-corrected chi connectivity index (χ2v) is 18.0. The van der Waals surface area contributed by atoms with E-state index < -0.39 is 108 Å². The van der Waals surface area contributed by atoms with E-state index in [2.05, 4.69) is 52.2 Å². The average molecular weight is 950 g/mol. The molecule has 0 radical (unpaired) electrons. The molecule has 22 heteroatoms. The number of amides is 9. The second-order valence-electron chi connectivity index (χ2n) is 18.0. The third-order valence-electron chi connectivity index (χ3n) is 11.5. The molecule has 3 rings (SSSR count). The van der Waals surface area contributed by atoms with E-state index in [0.29, 0.717) is 24.1 Å². The Labute approximate surface area is 396 Å². The first-order valence-corrected chi connectivity index (χ1v) is 23.0. The fourth-order valence-electron chi connectivity index (χ4n) is 7.32. The molecule has 0 aliphatic carbocycles. The number of benzene rings is 1. The molecule has 15 N–H and O–H groups in total. The van der Waals surface area contributed by atoms with Crippen molar-refractivity contribution in [1.82, 2.24) is 52.2 Å². The van der Waals surface area contributed by atoms with Crippen molar-refractivity contribution < 1.29 is 43.2 Å². The number of fused-ring (bicyclic) bond motifs is 1. The summed E-state index contributed by atoms with van der Waals surface area (Å²) in [6.07, 6.45) is 5.73. The van der Waals surface area contributed by atoms with Gasteiger partial charge in [0.25, 0.3) is 0 Å². The highest BCUT2D eigenvalue weighted by atomic mass is 16.2. The SMILES string of the molecule is CC[C@H](C)[C@@H](CCC(=O)N[C@@H](CC(C)C)C(N)=O)NC(=O)[C@H](Cc1cnc[nH]1)NC(=O)CNC(=O)[C@@H](NC(=O)[C@H](C)NC(=O)[C@H](Cc1c[nH]c2ccccc12)NC(=O)[C@@H](N)CCC(N)=O)C(C)C. The molecule has 0 spiro atoms. The summed E-state index contributed by atoms with van der Waals surface area (Å²) in [5, 5.41) is 19.5. The first kappa shape index (κ1) is 55.5. The number of nitrogens with two attached hydrogens (primary N) is 3. The quantitative estimate of drug-likeness (QED) is 0.0414. The number of primary amides is 2. The van der Waals surface area contributed by atoms with E-state index in [9.17, 15) is 43.2 Å². The summed E-state index contributed by atoms with van der Waals surface area (Å²) in [6.45, 7) is 11.8. The highest BCUT2D eigenvalue weighted by Crippen LogP contribution is 2.20. The van der Waals surface area contributed by atoms with Crippen LogP contribution < -0.4 is 54.4 Å². The highest BCUT2D eigenvalue weighted by Gasteiger charge is 2.32. The molecule has 8 atom stereocenters. The Hall–Kier alpha value is -6.84. The number of imidazole rings is 1. The molecule has 0 saturated heterocycles. The average Bonchev–Trinajstić information content (AvgIpc) is 3.96. The fourth-order valence-corrected chi connectivity index (χ4v) is 7.32. The van der Waals surface area contributed by atoms with Crippen molar-refractivity contribution in [3.05, 3.63) is 54.2 Å². The molecule has 68 heavy (non-hydrogen) atoms. The first-order valence-electron chi connectivity index (χ1n) is 23.0. The molecule has 0 fully saturated rings. The molecule has 3 aromatic rings. The standard InChI is InChI=1S/C46H71N13O9/c1-8-26(6)32(14-16-38(61)55-34(41(49)63)17-24(2)3)57-45(67)36(19-29-21-50-23-53-29)56-39(62)22-52-46(68)40(25(4)5)59-42(64)27(7)54-44(66)35(58-43(65)31(47)13-15-37(48)60)18-28-20-51-33-12-10-9-11-30(28)33/h9-12,20-21,23-27,31-32,34-36,40,51H,8,13-19,22,47H2,1-7H3,(H2,48,60)(H2,49,63)(H,50,53)(H,52,68)(H,54,66)(H,55,61)(H,56,62)(H,57,67)(H,58,65)(H,59,64)/t26-,27-,31-,32+,34-,35-,36-,40-/m0/s1. The summed E-state index contributed by atoms with van der Waals surface area (Å²) in [6, 6.07) is 0.186. The number of aromatic nitrogens is 3. The van der Waals surface area contributed by atoms with Crippen LogP contribution in [0.3, 0.4) is 0 Å². The van der Waals surface area contributed by atoms with Crippen LogP contribution in [0.5, 0.6) is 0 Å². The maximum absolute atomic E-state index is 13.8. The van der Waals surface area contributed by atoms with E-state index in [4.69, 9.17) is 17.2 Å². The van der Waals surface area contributed by atoms with Crippen LogP contribution in [0.4, 0.5) is 0 Å². The van der Waals surface area contributed by atoms with Crippen LogP contribution in [0.15, 0.2) is 43.0 Å². The van der Waals surface area contributed by atoms with E-state index in [1.807, 2.05) is 52.0 Å². The smallest absolute Gasteiger partial charge is 0.243 e. The highest BCUT2D eigenvalue weighted by molar-refractivity contribution is 5.96. The van der Waals surface area contributed by atoms with Crippen LogP contribution in [-0.4, -0.2) is 117 Å². The molecule has 0 bridgehead atoms. The second kappa shape index (κ2) is 27.1. The van der Waals surface area contributed by atoms with E-state index in [1.54, 1.807) is 20.0 Å². The molecule has 0 saturated carbocycles. The number of carbonyl (C=O) groups is 9. The van der Waals surface area contributed by atoms with Gasteiger partial charge in [0.1, 0.15) is 30.2 Å². The van der Waals surface area contributed by atoms with Crippen molar-refractivity contribution in [3.63, 3.8) is 0 Å². The molecule has 22 nitrogen and oxygen atoms in total. The molecule has 374 valence electrons. The topological polar surface area (TPSA) is 360 Å². The molecule has 0 aliphatic rings. The lowest BCUT2D eigenvalue weighted by Gasteiger charge is -2.28.